The molecule has 2 aliphatic rings. The summed E-state index contributed by atoms with van der Waals surface area (Å²) < 4.78 is 25.8. The number of fused-ring (bicyclic) bond motifs is 2. The van der Waals surface area contributed by atoms with E-state index in [2.05, 4.69) is 42.2 Å². The summed E-state index contributed by atoms with van der Waals surface area (Å²) in [5, 5.41) is 2.44. The van der Waals surface area contributed by atoms with Gasteiger partial charge in [-0.2, -0.15) is 0 Å². The number of benzene rings is 2. The average molecular weight is 365 g/mol. The first-order valence-corrected chi connectivity index (χ1v) is 10.1. The van der Waals surface area contributed by atoms with Crippen LogP contribution >= 0.6 is 7.75 Å². The molecule has 2 aromatic rings. The van der Waals surface area contributed by atoms with Gasteiger partial charge in [0.15, 0.2) is 0 Å². The zero-order valence-electron chi connectivity index (χ0n) is 14.4. The Bertz CT molecular complexity index is 951. The summed E-state index contributed by atoms with van der Waals surface area (Å²) in [6, 6.07) is 14.9. The summed E-state index contributed by atoms with van der Waals surface area (Å²) >= 11 is 0. The van der Waals surface area contributed by atoms with Gasteiger partial charge in [-0.05, 0) is 28.7 Å². The molecule has 0 N–H and O–H groups in total. The Balaban J connectivity index is 1.59. The number of hydrogen-bond acceptors (Lipinski definition) is 3. The third-order valence-corrected chi connectivity index (χ3v) is 7.33. The molecule has 0 amide bonds. The van der Waals surface area contributed by atoms with Crippen molar-refractivity contribution in [2.45, 2.75) is 11.8 Å². The Morgan fingerprint density at radius 1 is 1.12 bits per heavy atom. The largest absolute Gasteiger partial charge is 0.410 e. The van der Waals surface area contributed by atoms with Gasteiger partial charge in [-0.3, -0.25) is 9.05 Å². The Kier molecular flexibility index (Phi) is 4.39. The molecule has 4 nitrogen and oxygen atoms in total. The van der Waals surface area contributed by atoms with Gasteiger partial charge in [0.25, 0.3) is 0 Å². The predicted octanol–water partition coefficient (Wildman–Crippen LogP) is 3.82. The molecule has 1 aliphatic carbocycles. The lowest BCUT2D eigenvalue weighted by Crippen LogP contribution is -2.26. The number of piperidine rings is 1. The van der Waals surface area contributed by atoms with Crippen LogP contribution in [0.5, 0.6) is 0 Å². The fourth-order valence-corrected chi connectivity index (χ4v) is 5.73. The first kappa shape index (κ1) is 17.3. The van der Waals surface area contributed by atoms with Crippen LogP contribution in [0.1, 0.15) is 12.0 Å². The Morgan fingerprint density at radius 3 is 2.50 bits per heavy atom. The van der Waals surface area contributed by atoms with E-state index in [0.717, 1.165) is 6.42 Å². The molecule has 0 unspecified atom stereocenters. The van der Waals surface area contributed by atoms with Gasteiger partial charge >= 0.3 is 7.75 Å². The van der Waals surface area contributed by atoms with Crippen molar-refractivity contribution in [1.82, 2.24) is 4.67 Å². The minimum absolute atomic E-state index is 0.0126. The number of nitrogens with zero attached hydrogens (tertiary/aromatic N) is 1. The molecule has 1 heterocycles. The second-order valence-electron chi connectivity index (χ2n) is 6.89. The zero-order valence-corrected chi connectivity index (χ0v) is 15.3. The topological polar surface area (TPSA) is 38.8 Å². The molecule has 2 fully saturated rings. The van der Waals surface area contributed by atoms with E-state index in [4.69, 9.17) is 21.9 Å². The highest BCUT2D eigenvalue weighted by Crippen LogP contribution is 2.66. The van der Waals surface area contributed by atoms with Gasteiger partial charge in [0.2, 0.25) is 0 Å². The van der Waals surface area contributed by atoms with Crippen LogP contribution in [0.25, 0.3) is 10.8 Å². The van der Waals surface area contributed by atoms with Crippen LogP contribution in [0, 0.1) is 30.6 Å². The van der Waals surface area contributed by atoms with Crippen molar-refractivity contribution < 1.29 is 13.6 Å². The lowest BCUT2D eigenvalue weighted by Gasteiger charge is -2.28. The van der Waals surface area contributed by atoms with E-state index in [0.29, 0.717) is 19.0 Å². The van der Waals surface area contributed by atoms with Crippen molar-refractivity contribution in [1.29, 1.82) is 0 Å². The average Bonchev–Trinajstić information content (AvgIpc) is 3.25. The van der Waals surface area contributed by atoms with Crippen molar-refractivity contribution in [3.8, 4) is 24.7 Å². The molecule has 0 aromatic heterocycles. The van der Waals surface area contributed by atoms with Crippen LogP contribution in [0.4, 0.5) is 0 Å². The minimum atomic E-state index is -3.47. The molecule has 132 valence electrons. The van der Waals surface area contributed by atoms with Crippen molar-refractivity contribution >= 4 is 18.5 Å². The van der Waals surface area contributed by atoms with Gasteiger partial charge in [0, 0.05) is 18.5 Å². The molecular formula is C21H20NO3P. The summed E-state index contributed by atoms with van der Waals surface area (Å²) in [6.07, 6.45) is 11.6. The van der Waals surface area contributed by atoms with Crippen molar-refractivity contribution in [3.63, 3.8) is 0 Å². The van der Waals surface area contributed by atoms with E-state index in [1.54, 1.807) is 4.67 Å². The molecule has 0 radical (unpaired) electrons. The smallest absolute Gasteiger partial charge is 0.284 e. The van der Waals surface area contributed by atoms with E-state index < -0.39 is 7.75 Å². The zero-order chi connectivity index (χ0) is 18.2. The van der Waals surface area contributed by atoms with Crippen molar-refractivity contribution in [2.24, 2.45) is 5.92 Å². The number of rotatable bonds is 6. The monoisotopic (exact) mass is 365 g/mol. The molecular weight excluding hydrogens is 345 g/mol. The fourth-order valence-electron chi connectivity index (χ4n) is 4.03. The molecule has 1 aliphatic heterocycles. The third kappa shape index (κ3) is 2.86. The quantitative estimate of drug-likeness (QED) is 0.576. The second kappa shape index (κ2) is 6.58. The summed E-state index contributed by atoms with van der Waals surface area (Å²) in [7, 11) is -3.47. The highest BCUT2D eigenvalue weighted by Gasteiger charge is 2.63. The molecule has 5 heteroatoms. The summed E-state index contributed by atoms with van der Waals surface area (Å²) in [4.78, 5) is 0. The number of hydrogen-bond donors (Lipinski definition) is 0. The molecule has 1 saturated heterocycles. The molecule has 4 rings (SSSR count). The normalized spacial score (nSPS) is 24.8. The van der Waals surface area contributed by atoms with Gasteiger partial charge in [-0.1, -0.05) is 54.3 Å². The van der Waals surface area contributed by atoms with Gasteiger partial charge < -0.3 is 0 Å². The maximum atomic E-state index is 13.2. The van der Waals surface area contributed by atoms with Crippen LogP contribution in [-0.4, -0.2) is 31.0 Å². The Labute approximate surface area is 154 Å². The van der Waals surface area contributed by atoms with Gasteiger partial charge in [0.05, 0.1) is 0 Å². The van der Waals surface area contributed by atoms with E-state index in [-0.39, 0.29) is 18.6 Å². The van der Waals surface area contributed by atoms with Crippen LogP contribution in [0.3, 0.4) is 0 Å². The van der Waals surface area contributed by atoms with Crippen molar-refractivity contribution in [3.05, 3.63) is 48.0 Å². The Morgan fingerprint density at radius 2 is 1.81 bits per heavy atom. The minimum Gasteiger partial charge on any atom is -0.284 e. The van der Waals surface area contributed by atoms with E-state index >= 15 is 0 Å². The highest BCUT2D eigenvalue weighted by atomic mass is 31.2. The third-order valence-electron chi connectivity index (χ3n) is 5.42. The van der Waals surface area contributed by atoms with Crippen LogP contribution < -0.4 is 0 Å². The highest BCUT2D eigenvalue weighted by molar-refractivity contribution is 7.51. The molecule has 0 spiro atoms. The molecule has 2 aromatic carbocycles. The fraction of sp³-hybridized carbons (Fsp3) is 0.333. The van der Waals surface area contributed by atoms with E-state index in [1.165, 1.54) is 16.3 Å². The van der Waals surface area contributed by atoms with Gasteiger partial charge in [-0.25, -0.2) is 9.24 Å². The lowest BCUT2D eigenvalue weighted by molar-refractivity contribution is 0.188. The summed E-state index contributed by atoms with van der Waals surface area (Å²) in [6.45, 7) is 1.17. The SMILES string of the molecule is C#CCOP(=O)(OCC#C)N1C[C@H]2C[C@@]2(c2ccc3ccccc3c2)C1. The van der Waals surface area contributed by atoms with E-state index in [9.17, 15) is 4.57 Å². The van der Waals surface area contributed by atoms with Crippen LogP contribution in [0.2, 0.25) is 0 Å². The summed E-state index contributed by atoms with van der Waals surface area (Å²) in [5.41, 5.74) is 1.29. The number of terminal acetylenes is 2. The van der Waals surface area contributed by atoms with Crippen LogP contribution in [-0.2, 0) is 19.0 Å². The van der Waals surface area contributed by atoms with E-state index in [1.807, 2.05) is 12.1 Å². The molecule has 1 saturated carbocycles. The maximum absolute atomic E-state index is 13.2. The Hall–Kier alpha value is -2.07. The van der Waals surface area contributed by atoms with Crippen LogP contribution in [0.15, 0.2) is 42.5 Å². The second-order valence-corrected chi connectivity index (χ2v) is 8.91. The van der Waals surface area contributed by atoms with Gasteiger partial charge in [0.1, 0.15) is 13.2 Å². The molecule has 2 atom stereocenters. The summed E-state index contributed by atoms with van der Waals surface area (Å²) in [5.74, 6) is 5.15. The first-order valence-electron chi connectivity index (χ1n) is 8.62. The first-order chi connectivity index (χ1) is 12.6. The predicted molar refractivity (Wildman–Crippen MR) is 102 cm³/mol. The molecule has 0 bridgehead atoms. The lowest BCUT2D eigenvalue weighted by atomic mass is 9.93. The molecule has 26 heavy (non-hydrogen) atoms. The standard InChI is InChI=1S/C21H20NO3P/c1-3-11-24-26(23,25-12-4-2)22-15-20-14-21(20,16-22)19-10-9-17-7-5-6-8-18(17)13-19/h1-2,5-10,13,20H,11-12,14-16H2/t20-,21+/m1/s1. The van der Waals surface area contributed by atoms with Crippen molar-refractivity contribution in [2.75, 3.05) is 26.3 Å². The van der Waals surface area contributed by atoms with Gasteiger partial charge in [-0.15, -0.1) is 12.8 Å². The maximum Gasteiger partial charge on any atom is 0.410 e.